The maximum Gasteiger partial charge on any atom is 0.147 e. The summed E-state index contributed by atoms with van der Waals surface area (Å²) in [4.78, 5) is 19.1. The molecule has 104 valence electrons. The van der Waals surface area contributed by atoms with Crippen molar-refractivity contribution in [3.63, 3.8) is 0 Å². The van der Waals surface area contributed by atoms with Crippen LogP contribution in [0.3, 0.4) is 0 Å². The zero-order valence-corrected chi connectivity index (χ0v) is 12.2. The fourth-order valence-corrected chi connectivity index (χ4v) is 2.34. The van der Waals surface area contributed by atoms with Crippen molar-refractivity contribution in [2.45, 2.75) is 19.9 Å². The van der Waals surface area contributed by atoms with E-state index in [-0.39, 0.29) is 12.4 Å². The Morgan fingerprint density at radius 1 is 1.25 bits per heavy atom. The van der Waals surface area contributed by atoms with Crippen LogP contribution >= 0.6 is 23.2 Å². The quantitative estimate of drug-likeness (QED) is 0.869. The van der Waals surface area contributed by atoms with Crippen LogP contribution in [0.25, 0.3) is 11.3 Å². The number of aromatic nitrogens is 2. The smallest absolute Gasteiger partial charge is 0.147 e. The van der Waals surface area contributed by atoms with E-state index in [0.717, 1.165) is 0 Å². The Bertz CT molecular complexity index is 661. The monoisotopic (exact) mass is 310 g/mol. The molecular formula is C13H12Cl2N4O. The number of nitroso groups, excluding NO2 is 1. The van der Waals surface area contributed by atoms with Crippen molar-refractivity contribution in [3.05, 3.63) is 44.5 Å². The number of rotatable bonds is 4. The van der Waals surface area contributed by atoms with Crippen LogP contribution in [-0.4, -0.2) is 9.97 Å². The van der Waals surface area contributed by atoms with Crippen LogP contribution < -0.4 is 5.73 Å². The maximum atomic E-state index is 10.4. The summed E-state index contributed by atoms with van der Waals surface area (Å²) in [7, 11) is 0. The minimum Gasteiger partial charge on any atom is -0.382 e. The number of halogens is 2. The molecule has 0 saturated heterocycles. The second-order valence-electron chi connectivity index (χ2n) is 4.12. The van der Waals surface area contributed by atoms with Gasteiger partial charge < -0.3 is 5.73 Å². The first kappa shape index (κ1) is 14.7. The first-order valence-corrected chi connectivity index (χ1v) is 6.72. The van der Waals surface area contributed by atoms with Crippen LogP contribution in [-0.2, 0) is 13.0 Å². The molecule has 0 aliphatic carbocycles. The van der Waals surface area contributed by atoms with Crippen molar-refractivity contribution in [3.8, 4) is 11.3 Å². The molecule has 0 saturated carbocycles. The van der Waals surface area contributed by atoms with Crippen molar-refractivity contribution in [1.29, 1.82) is 0 Å². The lowest BCUT2D eigenvalue weighted by Crippen LogP contribution is -2.06. The summed E-state index contributed by atoms with van der Waals surface area (Å²) in [6.07, 6.45) is 0.639. The van der Waals surface area contributed by atoms with Gasteiger partial charge in [-0.1, -0.05) is 35.3 Å². The molecule has 0 atom stereocenters. The molecule has 7 heteroatoms. The minimum atomic E-state index is -0.124. The average molecular weight is 311 g/mol. The zero-order valence-electron chi connectivity index (χ0n) is 10.7. The van der Waals surface area contributed by atoms with Gasteiger partial charge in [-0.25, -0.2) is 9.97 Å². The highest BCUT2D eigenvalue weighted by molar-refractivity contribution is 6.36. The van der Waals surface area contributed by atoms with Gasteiger partial charge in [0.15, 0.2) is 0 Å². The highest BCUT2D eigenvalue weighted by atomic mass is 35.5. The Labute approximate surface area is 126 Å². The normalized spacial score (nSPS) is 10.6. The molecular weight excluding hydrogens is 299 g/mol. The molecule has 5 nitrogen and oxygen atoms in total. The molecule has 20 heavy (non-hydrogen) atoms. The molecule has 1 aromatic carbocycles. The van der Waals surface area contributed by atoms with E-state index in [1.54, 1.807) is 18.2 Å². The van der Waals surface area contributed by atoms with E-state index in [9.17, 15) is 4.91 Å². The fraction of sp³-hybridized carbons (Fsp3) is 0.231. The molecule has 0 aliphatic heterocycles. The minimum absolute atomic E-state index is 0.124. The van der Waals surface area contributed by atoms with Crippen LogP contribution in [0.15, 0.2) is 23.4 Å². The summed E-state index contributed by atoms with van der Waals surface area (Å²) < 4.78 is 0. The van der Waals surface area contributed by atoms with Crippen LogP contribution in [0.5, 0.6) is 0 Å². The van der Waals surface area contributed by atoms with E-state index in [4.69, 9.17) is 28.9 Å². The number of benzene rings is 1. The SMILES string of the molecule is CCc1nc(N)c(CN=O)nc1-c1ccc(Cl)cc1Cl. The number of nitrogen functional groups attached to an aromatic ring is 1. The fourth-order valence-electron chi connectivity index (χ4n) is 1.84. The standard InChI is InChI=1S/C13H12Cl2N4O/c1-2-10-12(8-4-3-7(14)5-9(8)15)18-11(6-17-20)13(16)19-10/h3-5H,2,6H2,1H3,(H2,16,19). The van der Waals surface area contributed by atoms with Gasteiger partial charge >= 0.3 is 0 Å². The number of anilines is 1. The van der Waals surface area contributed by atoms with Gasteiger partial charge in [0, 0.05) is 10.6 Å². The van der Waals surface area contributed by atoms with E-state index in [2.05, 4.69) is 15.1 Å². The van der Waals surface area contributed by atoms with Gasteiger partial charge in [0.1, 0.15) is 18.1 Å². The van der Waals surface area contributed by atoms with Crippen molar-refractivity contribution in [2.24, 2.45) is 5.18 Å². The van der Waals surface area contributed by atoms with E-state index < -0.39 is 0 Å². The van der Waals surface area contributed by atoms with E-state index in [0.29, 0.717) is 39.1 Å². The van der Waals surface area contributed by atoms with Crippen molar-refractivity contribution >= 4 is 29.0 Å². The lowest BCUT2D eigenvalue weighted by Gasteiger charge is -2.11. The Balaban J connectivity index is 2.64. The summed E-state index contributed by atoms with van der Waals surface area (Å²) in [5.41, 5.74) is 8.12. The molecule has 1 aromatic heterocycles. The molecule has 0 radical (unpaired) electrons. The molecule has 0 spiro atoms. The van der Waals surface area contributed by atoms with Gasteiger partial charge in [-0.3, -0.25) is 0 Å². The van der Waals surface area contributed by atoms with Crippen molar-refractivity contribution in [2.75, 3.05) is 5.73 Å². The number of nitrogens with two attached hydrogens (primary N) is 1. The van der Waals surface area contributed by atoms with Crippen LogP contribution in [0.4, 0.5) is 5.82 Å². The molecule has 1 heterocycles. The Morgan fingerprint density at radius 2 is 2.00 bits per heavy atom. The lowest BCUT2D eigenvalue weighted by molar-refractivity contribution is 0.929. The first-order chi connectivity index (χ1) is 9.56. The van der Waals surface area contributed by atoms with Crippen molar-refractivity contribution in [1.82, 2.24) is 9.97 Å². The lowest BCUT2D eigenvalue weighted by atomic mass is 10.1. The van der Waals surface area contributed by atoms with E-state index in [1.165, 1.54) is 0 Å². The number of nitrogens with zero attached hydrogens (tertiary/aromatic N) is 3. The molecule has 2 aromatic rings. The third-order valence-electron chi connectivity index (χ3n) is 2.81. The summed E-state index contributed by atoms with van der Waals surface area (Å²) in [6.45, 7) is 1.81. The predicted octanol–water partition coefficient (Wildman–Crippen LogP) is 3.86. The van der Waals surface area contributed by atoms with Crippen LogP contribution in [0, 0.1) is 4.91 Å². The second kappa shape index (κ2) is 6.15. The molecule has 0 fully saturated rings. The summed E-state index contributed by atoms with van der Waals surface area (Å²) >= 11 is 12.1. The van der Waals surface area contributed by atoms with Crippen LogP contribution in [0.1, 0.15) is 18.3 Å². The van der Waals surface area contributed by atoms with Crippen molar-refractivity contribution < 1.29 is 0 Å². The van der Waals surface area contributed by atoms with E-state index in [1.807, 2.05) is 6.92 Å². The summed E-state index contributed by atoms with van der Waals surface area (Å²) in [5, 5.41) is 3.81. The van der Waals surface area contributed by atoms with Gasteiger partial charge in [-0.2, -0.15) is 4.91 Å². The summed E-state index contributed by atoms with van der Waals surface area (Å²) in [5.74, 6) is 0.218. The predicted molar refractivity (Wildman–Crippen MR) is 80.8 cm³/mol. The summed E-state index contributed by atoms with van der Waals surface area (Å²) in [6, 6.07) is 5.12. The van der Waals surface area contributed by atoms with Gasteiger partial charge in [0.05, 0.1) is 16.4 Å². The number of aryl methyl sites for hydroxylation is 1. The van der Waals surface area contributed by atoms with Gasteiger partial charge in [0.2, 0.25) is 0 Å². The Morgan fingerprint density at radius 3 is 2.60 bits per heavy atom. The van der Waals surface area contributed by atoms with E-state index >= 15 is 0 Å². The maximum absolute atomic E-state index is 10.4. The highest BCUT2D eigenvalue weighted by Gasteiger charge is 2.15. The number of hydrogen-bond donors (Lipinski definition) is 1. The molecule has 2 N–H and O–H groups in total. The average Bonchev–Trinajstić information content (AvgIpc) is 2.41. The molecule has 2 rings (SSSR count). The third-order valence-corrected chi connectivity index (χ3v) is 3.35. The second-order valence-corrected chi connectivity index (χ2v) is 4.96. The molecule has 0 amide bonds. The van der Waals surface area contributed by atoms with Gasteiger partial charge in [-0.05, 0) is 24.6 Å². The topological polar surface area (TPSA) is 81.2 Å². The van der Waals surface area contributed by atoms with Gasteiger partial charge in [-0.15, -0.1) is 0 Å². The zero-order chi connectivity index (χ0) is 14.7. The molecule has 0 aliphatic rings. The Hall–Kier alpha value is -1.72. The molecule has 0 bridgehead atoms. The largest absolute Gasteiger partial charge is 0.382 e. The number of hydrogen-bond acceptors (Lipinski definition) is 5. The first-order valence-electron chi connectivity index (χ1n) is 5.96. The Kier molecular flexibility index (Phi) is 4.52. The van der Waals surface area contributed by atoms with Gasteiger partial charge in [0.25, 0.3) is 0 Å². The third kappa shape index (κ3) is 2.89. The molecule has 0 unspecified atom stereocenters. The van der Waals surface area contributed by atoms with Crippen LogP contribution in [0.2, 0.25) is 10.0 Å². The highest BCUT2D eigenvalue weighted by Crippen LogP contribution is 2.32.